The van der Waals surface area contributed by atoms with Crippen LogP contribution in [0.1, 0.15) is 46.9 Å². The van der Waals surface area contributed by atoms with E-state index in [2.05, 4.69) is 24.9 Å². The van der Waals surface area contributed by atoms with Crippen molar-refractivity contribution >= 4 is 17.2 Å². The van der Waals surface area contributed by atoms with Crippen molar-refractivity contribution < 1.29 is 4.79 Å². The van der Waals surface area contributed by atoms with Crippen LogP contribution in [0.5, 0.6) is 0 Å². The summed E-state index contributed by atoms with van der Waals surface area (Å²) >= 11 is 0. The second-order valence-electron chi connectivity index (χ2n) is 4.89. The van der Waals surface area contributed by atoms with Gasteiger partial charge in [-0.3, -0.25) is 9.78 Å². The van der Waals surface area contributed by atoms with E-state index in [9.17, 15) is 4.79 Å². The minimum absolute atomic E-state index is 0.332. The number of nitrogens with zero attached hydrogens (tertiary/aromatic N) is 1. The Morgan fingerprint density at radius 3 is 2.47 bits per heavy atom. The Balaban J connectivity index is 2.87. The van der Waals surface area contributed by atoms with Crippen molar-refractivity contribution in [1.82, 2.24) is 4.98 Å². The number of hydrogen-bond donors (Lipinski definition) is 0. The summed E-state index contributed by atoms with van der Waals surface area (Å²) in [6.45, 7) is 8.26. The van der Waals surface area contributed by atoms with Crippen LogP contribution in [0.2, 0.25) is 0 Å². The molecule has 1 heterocycles. The molecule has 1 aromatic carbocycles. The number of hydrogen-bond acceptors (Lipinski definition) is 2. The summed E-state index contributed by atoms with van der Waals surface area (Å²) in [5, 5.41) is 0.960. The average Bonchev–Trinajstić information content (AvgIpc) is 2.27. The SMILES string of the molecule is Cc1cc(C)c2nc(C(C)C)cc(C=O)c2c1. The summed E-state index contributed by atoms with van der Waals surface area (Å²) in [6, 6.07) is 6.04. The number of carbonyl (C=O) groups excluding carboxylic acids is 1. The fourth-order valence-corrected chi connectivity index (χ4v) is 2.12. The van der Waals surface area contributed by atoms with Crippen molar-refractivity contribution in [2.45, 2.75) is 33.6 Å². The summed E-state index contributed by atoms with van der Waals surface area (Å²) in [4.78, 5) is 15.9. The lowest BCUT2D eigenvalue weighted by molar-refractivity contribution is 0.112. The molecule has 2 heteroatoms. The smallest absolute Gasteiger partial charge is 0.150 e. The Morgan fingerprint density at radius 2 is 1.88 bits per heavy atom. The Labute approximate surface area is 102 Å². The maximum atomic E-state index is 11.2. The molecule has 0 aliphatic heterocycles. The number of pyridine rings is 1. The van der Waals surface area contributed by atoms with Crippen molar-refractivity contribution in [3.8, 4) is 0 Å². The maximum absolute atomic E-state index is 11.2. The van der Waals surface area contributed by atoms with Crippen LogP contribution < -0.4 is 0 Å². The molecule has 0 aliphatic rings. The second kappa shape index (κ2) is 4.28. The third-order valence-corrected chi connectivity index (χ3v) is 3.02. The minimum atomic E-state index is 0.332. The minimum Gasteiger partial charge on any atom is -0.298 e. The Bertz CT molecular complexity index is 585. The maximum Gasteiger partial charge on any atom is 0.150 e. The lowest BCUT2D eigenvalue weighted by atomic mass is 10.00. The van der Waals surface area contributed by atoms with Gasteiger partial charge in [-0.2, -0.15) is 0 Å². The monoisotopic (exact) mass is 227 g/mol. The molecule has 0 amide bonds. The topological polar surface area (TPSA) is 30.0 Å². The third-order valence-electron chi connectivity index (χ3n) is 3.02. The Morgan fingerprint density at radius 1 is 1.18 bits per heavy atom. The predicted octanol–water partition coefficient (Wildman–Crippen LogP) is 3.79. The molecular formula is C15H17NO. The summed E-state index contributed by atoms with van der Waals surface area (Å²) in [6.07, 6.45) is 0.925. The van der Waals surface area contributed by atoms with Crippen molar-refractivity contribution in [2.24, 2.45) is 0 Å². The molecule has 0 saturated heterocycles. The summed E-state index contributed by atoms with van der Waals surface area (Å²) < 4.78 is 0. The van der Waals surface area contributed by atoms with E-state index in [1.807, 2.05) is 26.0 Å². The van der Waals surface area contributed by atoms with E-state index in [0.717, 1.165) is 39.6 Å². The Kier molecular flexibility index (Phi) is 2.97. The first-order valence-corrected chi connectivity index (χ1v) is 5.90. The fourth-order valence-electron chi connectivity index (χ4n) is 2.12. The molecule has 0 spiro atoms. The van der Waals surface area contributed by atoms with Crippen LogP contribution in [0.3, 0.4) is 0 Å². The first-order valence-electron chi connectivity index (χ1n) is 5.90. The van der Waals surface area contributed by atoms with Crippen LogP contribution in [-0.2, 0) is 0 Å². The molecule has 2 aromatic rings. The van der Waals surface area contributed by atoms with Gasteiger partial charge in [0.15, 0.2) is 6.29 Å². The molecular weight excluding hydrogens is 210 g/mol. The third kappa shape index (κ3) is 2.07. The van der Waals surface area contributed by atoms with Crippen LogP contribution in [0.25, 0.3) is 10.9 Å². The largest absolute Gasteiger partial charge is 0.298 e. The highest BCUT2D eigenvalue weighted by Crippen LogP contribution is 2.25. The van der Waals surface area contributed by atoms with Gasteiger partial charge >= 0.3 is 0 Å². The van der Waals surface area contributed by atoms with Gasteiger partial charge in [-0.15, -0.1) is 0 Å². The fraction of sp³-hybridized carbons (Fsp3) is 0.333. The van der Waals surface area contributed by atoms with E-state index in [1.54, 1.807) is 0 Å². The van der Waals surface area contributed by atoms with Crippen molar-refractivity contribution in [2.75, 3.05) is 0 Å². The van der Waals surface area contributed by atoms with E-state index >= 15 is 0 Å². The highest BCUT2D eigenvalue weighted by molar-refractivity contribution is 5.98. The van der Waals surface area contributed by atoms with Gasteiger partial charge in [-0.25, -0.2) is 0 Å². The summed E-state index contributed by atoms with van der Waals surface area (Å²) in [5.41, 5.74) is 4.96. The highest BCUT2D eigenvalue weighted by atomic mass is 16.1. The van der Waals surface area contributed by atoms with E-state index < -0.39 is 0 Å². The van der Waals surface area contributed by atoms with Gasteiger partial charge in [-0.1, -0.05) is 25.5 Å². The van der Waals surface area contributed by atoms with Crippen molar-refractivity contribution in [1.29, 1.82) is 0 Å². The Hall–Kier alpha value is -1.70. The van der Waals surface area contributed by atoms with Crippen molar-refractivity contribution in [3.63, 3.8) is 0 Å². The zero-order valence-electron chi connectivity index (χ0n) is 10.7. The molecule has 0 fully saturated rings. The summed E-state index contributed by atoms with van der Waals surface area (Å²) in [7, 11) is 0. The zero-order chi connectivity index (χ0) is 12.6. The van der Waals surface area contributed by atoms with Crippen LogP contribution in [-0.4, -0.2) is 11.3 Å². The standard InChI is InChI=1S/C15H17NO/c1-9(2)14-7-12(8-17)13-6-10(3)5-11(4)15(13)16-14/h5-9H,1-4H3. The van der Waals surface area contributed by atoms with Gasteiger partial charge in [0.05, 0.1) is 5.52 Å². The van der Waals surface area contributed by atoms with E-state index in [-0.39, 0.29) is 0 Å². The summed E-state index contributed by atoms with van der Waals surface area (Å²) in [5.74, 6) is 0.332. The zero-order valence-corrected chi connectivity index (χ0v) is 10.7. The van der Waals surface area contributed by atoms with Gasteiger partial charge in [0, 0.05) is 16.6 Å². The average molecular weight is 227 g/mol. The van der Waals surface area contributed by atoms with Gasteiger partial charge in [-0.05, 0) is 37.5 Å². The van der Waals surface area contributed by atoms with E-state index in [0.29, 0.717) is 5.92 Å². The first-order chi connectivity index (χ1) is 8.02. The number of carbonyl (C=O) groups is 1. The van der Waals surface area contributed by atoms with Crippen molar-refractivity contribution in [3.05, 3.63) is 40.6 Å². The molecule has 1 aromatic heterocycles. The number of benzene rings is 1. The van der Waals surface area contributed by atoms with Gasteiger partial charge in [0.1, 0.15) is 0 Å². The van der Waals surface area contributed by atoms with Gasteiger partial charge < -0.3 is 0 Å². The predicted molar refractivity (Wildman–Crippen MR) is 70.7 cm³/mol. The van der Waals surface area contributed by atoms with Crippen LogP contribution in [0, 0.1) is 13.8 Å². The number of aromatic nitrogens is 1. The molecule has 0 saturated carbocycles. The quantitative estimate of drug-likeness (QED) is 0.731. The van der Waals surface area contributed by atoms with Crippen LogP contribution in [0.15, 0.2) is 18.2 Å². The van der Waals surface area contributed by atoms with Gasteiger partial charge in [0.25, 0.3) is 0 Å². The molecule has 0 unspecified atom stereocenters. The highest BCUT2D eigenvalue weighted by Gasteiger charge is 2.10. The molecule has 0 N–H and O–H groups in total. The van der Waals surface area contributed by atoms with E-state index in [4.69, 9.17) is 0 Å². The number of fused-ring (bicyclic) bond motifs is 1. The lowest BCUT2D eigenvalue weighted by Gasteiger charge is -2.11. The van der Waals surface area contributed by atoms with E-state index in [1.165, 1.54) is 0 Å². The molecule has 0 aliphatic carbocycles. The van der Waals surface area contributed by atoms with Crippen LogP contribution >= 0.6 is 0 Å². The molecule has 0 bridgehead atoms. The van der Waals surface area contributed by atoms with Crippen LogP contribution in [0.4, 0.5) is 0 Å². The lowest BCUT2D eigenvalue weighted by Crippen LogP contribution is -1.98. The second-order valence-corrected chi connectivity index (χ2v) is 4.89. The molecule has 0 radical (unpaired) electrons. The number of rotatable bonds is 2. The number of aldehydes is 1. The first kappa shape index (κ1) is 11.8. The van der Waals surface area contributed by atoms with Gasteiger partial charge in [0.2, 0.25) is 0 Å². The molecule has 88 valence electrons. The molecule has 0 atom stereocenters. The number of aryl methyl sites for hydroxylation is 2. The normalized spacial score (nSPS) is 11.1. The molecule has 2 rings (SSSR count). The molecule has 17 heavy (non-hydrogen) atoms. The molecule has 2 nitrogen and oxygen atoms in total.